The van der Waals surface area contributed by atoms with E-state index in [0.29, 0.717) is 36.4 Å². The van der Waals surface area contributed by atoms with Gasteiger partial charge in [-0.15, -0.1) is 5.10 Å². The first-order valence-corrected chi connectivity index (χ1v) is 12.8. The fraction of sp³-hybridized carbons (Fsp3) is 0.731. The van der Waals surface area contributed by atoms with E-state index in [-0.39, 0.29) is 24.5 Å². The minimum absolute atomic E-state index is 0.0116. The summed E-state index contributed by atoms with van der Waals surface area (Å²) >= 11 is 0. The van der Waals surface area contributed by atoms with Crippen LogP contribution in [0.1, 0.15) is 88.9 Å². The Kier molecular flexibility index (Phi) is 7.89. The summed E-state index contributed by atoms with van der Waals surface area (Å²) in [5.41, 5.74) is 1.48. The van der Waals surface area contributed by atoms with Gasteiger partial charge in [0.2, 0.25) is 5.91 Å². The number of hydrogen-bond donors (Lipinski definition) is 0. The van der Waals surface area contributed by atoms with Crippen molar-refractivity contribution in [3.05, 3.63) is 17.8 Å². The van der Waals surface area contributed by atoms with E-state index in [1.54, 1.807) is 13.1 Å². The van der Waals surface area contributed by atoms with Crippen LogP contribution in [0.3, 0.4) is 0 Å². The molecule has 2 aliphatic carbocycles. The lowest BCUT2D eigenvalue weighted by molar-refractivity contribution is -0.124. The Hall–Kier alpha value is -2.15. The first-order chi connectivity index (χ1) is 16.0. The quantitative estimate of drug-likeness (QED) is 0.558. The van der Waals surface area contributed by atoms with Crippen LogP contribution >= 0.6 is 0 Å². The fourth-order valence-electron chi connectivity index (χ4n) is 5.31. The number of ether oxygens (including phenoxy) is 2. The molecule has 33 heavy (non-hydrogen) atoms. The van der Waals surface area contributed by atoms with Gasteiger partial charge in [-0.2, -0.15) is 0 Å². The smallest absolute Gasteiger partial charge is 0.343 e. The lowest BCUT2D eigenvalue weighted by Gasteiger charge is -2.37. The van der Waals surface area contributed by atoms with Crippen molar-refractivity contribution in [3.63, 3.8) is 0 Å². The van der Waals surface area contributed by atoms with Crippen molar-refractivity contribution >= 4 is 23.4 Å². The molecule has 1 aromatic heterocycles. The maximum atomic E-state index is 13.9. The van der Waals surface area contributed by atoms with E-state index >= 15 is 0 Å². The number of aromatic nitrogens is 2. The summed E-state index contributed by atoms with van der Waals surface area (Å²) in [4.78, 5) is 28.8. The van der Waals surface area contributed by atoms with Crippen molar-refractivity contribution in [1.82, 2.24) is 9.78 Å². The van der Waals surface area contributed by atoms with Crippen LogP contribution in [0, 0.1) is 17.8 Å². The number of anilines is 1. The van der Waals surface area contributed by atoms with E-state index in [1.165, 1.54) is 0 Å². The fourth-order valence-corrected chi connectivity index (χ4v) is 5.31. The average molecular weight is 458 g/mol. The lowest BCUT2D eigenvalue weighted by Crippen LogP contribution is -2.47. The summed E-state index contributed by atoms with van der Waals surface area (Å²) in [7, 11) is 0. The molecule has 1 unspecified atom stereocenters. The molecule has 0 aromatic carbocycles. The third kappa shape index (κ3) is 5.51. The molecule has 1 saturated heterocycles. The van der Waals surface area contributed by atoms with Crippen molar-refractivity contribution in [3.8, 4) is 0 Å². The van der Waals surface area contributed by atoms with Crippen LogP contribution in [-0.4, -0.2) is 47.5 Å². The molecule has 7 heteroatoms. The van der Waals surface area contributed by atoms with Gasteiger partial charge in [0.1, 0.15) is 5.56 Å². The highest BCUT2D eigenvalue weighted by Crippen LogP contribution is 2.35. The molecule has 2 fully saturated rings. The zero-order valence-corrected chi connectivity index (χ0v) is 20.4. The number of allylic oxidation sites excluding steroid dienone is 2. The first kappa shape index (κ1) is 24.0. The van der Waals surface area contributed by atoms with Crippen molar-refractivity contribution in [2.24, 2.45) is 17.8 Å². The molecule has 1 aromatic rings. The summed E-state index contributed by atoms with van der Waals surface area (Å²) in [6.45, 7) is 7.84. The Balaban J connectivity index is 1.72. The molecule has 182 valence electrons. The molecule has 4 rings (SSSR count). The van der Waals surface area contributed by atoms with Gasteiger partial charge in [-0.05, 0) is 76.5 Å². The van der Waals surface area contributed by atoms with E-state index in [0.717, 1.165) is 63.5 Å². The minimum Gasteiger partial charge on any atom is -0.462 e. The van der Waals surface area contributed by atoms with Crippen LogP contribution in [0.4, 0.5) is 5.82 Å². The monoisotopic (exact) mass is 457 g/mol. The van der Waals surface area contributed by atoms with Crippen molar-refractivity contribution < 1.29 is 19.1 Å². The number of amides is 1. The molecule has 0 radical (unpaired) electrons. The lowest BCUT2D eigenvalue weighted by atomic mass is 9.82. The Bertz CT molecular complexity index is 863. The summed E-state index contributed by atoms with van der Waals surface area (Å²) in [6.07, 6.45) is 12.5. The highest BCUT2D eigenvalue weighted by Gasteiger charge is 2.37. The van der Waals surface area contributed by atoms with Crippen LogP contribution < -0.4 is 4.90 Å². The SMILES string of the molecule is CCOC(=O)c1cn(C2=CCC(C)CC2)nc1N(C(=O)[C@H]1CC[C@H](C)CC1)C1CCOCC1. The van der Waals surface area contributed by atoms with Gasteiger partial charge in [-0.1, -0.05) is 19.9 Å². The molecule has 1 saturated carbocycles. The van der Waals surface area contributed by atoms with Gasteiger partial charge >= 0.3 is 5.97 Å². The van der Waals surface area contributed by atoms with Crippen LogP contribution in [0.15, 0.2) is 12.3 Å². The number of hydrogen-bond acceptors (Lipinski definition) is 5. The van der Waals surface area contributed by atoms with E-state index in [9.17, 15) is 9.59 Å². The molecule has 0 spiro atoms. The second kappa shape index (κ2) is 10.9. The normalized spacial score (nSPS) is 26.5. The molecule has 0 bridgehead atoms. The van der Waals surface area contributed by atoms with Crippen molar-refractivity contribution in [2.45, 2.75) is 84.6 Å². The van der Waals surface area contributed by atoms with E-state index < -0.39 is 5.97 Å². The average Bonchev–Trinajstić information content (AvgIpc) is 3.26. The van der Waals surface area contributed by atoms with Crippen LogP contribution in [0.5, 0.6) is 0 Å². The zero-order valence-electron chi connectivity index (χ0n) is 20.4. The van der Waals surface area contributed by atoms with Gasteiger partial charge < -0.3 is 9.47 Å². The minimum atomic E-state index is -0.411. The number of rotatable bonds is 6. The highest BCUT2D eigenvalue weighted by molar-refractivity contribution is 6.02. The Morgan fingerprint density at radius 3 is 2.45 bits per heavy atom. The third-order valence-corrected chi connectivity index (χ3v) is 7.52. The second-order valence-corrected chi connectivity index (χ2v) is 10.1. The third-order valence-electron chi connectivity index (χ3n) is 7.52. The molecular formula is C26H39N3O4. The predicted molar refractivity (Wildman–Crippen MR) is 128 cm³/mol. The summed E-state index contributed by atoms with van der Waals surface area (Å²) in [5.74, 6) is 1.46. The molecule has 2 heterocycles. The second-order valence-electron chi connectivity index (χ2n) is 10.1. The van der Waals surface area contributed by atoms with Gasteiger partial charge in [-0.3, -0.25) is 9.69 Å². The standard InChI is InChI=1S/C26H39N3O4/c1-4-33-26(31)23-17-28(21-11-7-19(3)8-12-21)27-24(23)29(22-13-15-32-16-14-22)25(30)20-9-5-18(2)6-10-20/h11,17-20,22H,4-10,12-16H2,1-3H3/t18-,19?,20-. The summed E-state index contributed by atoms with van der Waals surface area (Å²) < 4.78 is 12.8. The molecule has 1 aliphatic heterocycles. The van der Waals surface area contributed by atoms with Gasteiger partial charge in [0, 0.05) is 37.1 Å². The first-order valence-electron chi connectivity index (χ1n) is 12.8. The number of esters is 1. The number of nitrogens with zero attached hydrogens (tertiary/aromatic N) is 3. The van der Waals surface area contributed by atoms with Gasteiger partial charge in [-0.25, -0.2) is 9.48 Å². The van der Waals surface area contributed by atoms with Crippen LogP contribution in [-0.2, 0) is 14.3 Å². The molecule has 7 nitrogen and oxygen atoms in total. The molecule has 1 amide bonds. The Morgan fingerprint density at radius 2 is 1.82 bits per heavy atom. The summed E-state index contributed by atoms with van der Waals surface area (Å²) in [5, 5.41) is 4.88. The van der Waals surface area contributed by atoms with Crippen molar-refractivity contribution in [1.29, 1.82) is 0 Å². The molecule has 3 aliphatic rings. The summed E-state index contributed by atoms with van der Waals surface area (Å²) in [6, 6.07) is -0.0116. The van der Waals surface area contributed by atoms with Gasteiger partial charge in [0.25, 0.3) is 0 Å². The highest BCUT2D eigenvalue weighted by atomic mass is 16.5. The van der Waals surface area contributed by atoms with E-state index in [4.69, 9.17) is 14.6 Å². The Morgan fingerprint density at radius 1 is 1.09 bits per heavy atom. The maximum Gasteiger partial charge on any atom is 0.343 e. The number of carbonyl (C=O) groups excluding carboxylic acids is 2. The van der Waals surface area contributed by atoms with Gasteiger partial charge in [0.05, 0.1) is 6.61 Å². The van der Waals surface area contributed by atoms with Crippen molar-refractivity contribution in [2.75, 3.05) is 24.7 Å². The molecule has 1 atom stereocenters. The van der Waals surface area contributed by atoms with Crippen LogP contribution in [0.2, 0.25) is 0 Å². The van der Waals surface area contributed by atoms with Crippen LogP contribution in [0.25, 0.3) is 5.70 Å². The number of carbonyl (C=O) groups is 2. The zero-order chi connectivity index (χ0) is 23.4. The molecule has 0 N–H and O–H groups in total. The predicted octanol–water partition coefficient (Wildman–Crippen LogP) is 5.06. The topological polar surface area (TPSA) is 73.7 Å². The van der Waals surface area contributed by atoms with Gasteiger partial charge in [0.15, 0.2) is 5.82 Å². The van der Waals surface area contributed by atoms with E-state index in [2.05, 4.69) is 19.9 Å². The largest absolute Gasteiger partial charge is 0.462 e. The maximum absolute atomic E-state index is 13.9. The van der Waals surface area contributed by atoms with E-state index in [1.807, 2.05) is 9.58 Å². The molecular weight excluding hydrogens is 418 g/mol. The Labute approximate surface area is 197 Å².